The molecule has 166 valence electrons. The molecule has 32 heavy (non-hydrogen) atoms. The number of aliphatic hydroxyl groups is 1. The monoisotopic (exact) mass is 430 g/mol. The van der Waals surface area contributed by atoms with Crippen molar-refractivity contribution < 1.29 is 14.6 Å². The van der Waals surface area contributed by atoms with Crippen LogP contribution in [0.1, 0.15) is 21.5 Å². The number of rotatable bonds is 8. The molecule has 1 N–H and O–H groups in total. The first kappa shape index (κ1) is 22.1. The fourth-order valence-electron chi connectivity index (χ4n) is 4.09. The summed E-state index contributed by atoms with van der Waals surface area (Å²) < 4.78 is 5.76. The molecule has 1 saturated heterocycles. The molecule has 0 aromatic heterocycles. The van der Waals surface area contributed by atoms with Crippen LogP contribution in [0.5, 0.6) is 5.75 Å². The molecule has 0 amide bonds. The molecule has 0 spiro atoms. The summed E-state index contributed by atoms with van der Waals surface area (Å²) in [7, 11) is 0. The average Bonchev–Trinajstić information content (AvgIpc) is 2.84. The van der Waals surface area contributed by atoms with Gasteiger partial charge in [0, 0.05) is 49.5 Å². The predicted octanol–water partition coefficient (Wildman–Crippen LogP) is 3.79. The Hall–Kier alpha value is -3.15. The molecule has 1 heterocycles. The van der Waals surface area contributed by atoms with Crippen LogP contribution in [-0.4, -0.2) is 61.2 Å². The van der Waals surface area contributed by atoms with Gasteiger partial charge in [0.1, 0.15) is 18.5 Å². The van der Waals surface area contributed by atoms with Crippen molar-refractivity contribution in [3.05, 3.63) is 95.6 Å². The molecule has 5 nitrogen and oxygen atoms in total. The Morgan fingerprint density at radius 3 is 2.19 bits per heavy atom. The van der Waals surface area contributed by atoms with E-state index in [0.717, 1.165) is 26.2 Å². The van der Waals surface area contributed by atoms with E-state index in [0.29, 0.717) is 23.4 Å². The Balaban J connectivity index is 1.22. The highest BCUT2D eigenvalue weighted by Crippen LogP contribution is 2.21. The van der Waals surface area contributed by atoms with Gasteiger partial charge in [0.25, 0.3) is 0 Å². The Morgan fingerprint density at radius 1 is 0.875 bits per heavy atom. The molecule has 0 bridgehead atoms. The van der Waals surface area contributed by atoms with Crippen molar-refractivity contribution in [1.82, 2.24) is 4.90 Å². The molecule has 1 aliphatic heterocycles. The minimum atomic E-state index is -0.564. The summed E-state index contributed by atoms with van der Waals surface area (Å²) in [6, 6.07) is 24.8. The summed E-state index contributed by atoms with van der Waals surface area (Å²) in [6.07, 6.45) is -0.564. The van der Waals surface area contributed by atoms with Gasteiger partial charge in [-0.25, -0.2) is 0 Å². The van der Waals surface area contributed by atoms with E-state index in [1.54, 1.807) is 24.3 Å². The number of ether oxygens (including phenoxy) is 1. The number of nitrogens with zero attached hydrogens (tertiary/aromatic N) is 2. The molecule has 1 fully saturated rings. The fourth-order valence-corrected chi connectivity index (χ4v) is 4.09. The third kappa shape index (κ3) is 5.55. The Morgan fingerprint density at radius 2 is 1.50 bits per heavy atom. The van der Waals surface area contributed by atoms with Gasteiger partial charge in [0.05, 0.1) is 0 Å². The van der Waals surface area contributed by atoms with Gasteiger partial charge in [0.2, 0.25) is 0 Å². The molecule has 5 heteroatoms. The average molecular weight is 431 g/mol. The minimum absolute atomic E-state index is 0.0120. The first-order chi connectivity index (χ1) is 15.6. The number of hydrogen-bond acceptors (Lipinski definition) is 5. The second-order valence-electron chi connectivity index (χ2n) is 8.26. The van der Waals surface area contributed by atoms with Gasteiger partial charge in [-0.2, -0.15) is 0 Å². The van der Waals surface area contributed by atoms with Gasteiger partial charge in [0.15, 0.2) is 5.78 Å². The van der Waals surface area contributed by atoms with E-state index in [-0.39, 0.29) is 12.4 Å². The van der Waals surface area contributed by atoms with Crippen LogP contribution in [0.4, 0.5) is 5.69 Å². The van der Waals surface area contributed by atoms with Crippen molar-refractivity contribution in [2.75, 3.05) is 44.2 Å². The van der Waals surface area contributed by atoms with E-state index in [1.807, 2.05) is 30.3 Å². The van der Waals surface area contributed by atoms with Crippen molar-refractivity contribution in [2.24, 2.45) is 0 Å². The Kier molecular flexibility index (Phi) is 7.20. The van der Waals surface area contributed by atoms with E-state index in [4.69, 9.17) is 4.74 Å². The van der Waals surface area contributed by atoms with Crippen LogP contribution in [0.15, 0.2) is 78.9 Å². The number of β-amino-alcohol motifs (C(OH)–C–C–N with tert-alkyl or cyclic N) is 1. The molecule has 0 radical (unpaired) electrons. The van der Waals surface area contributed by atoms with Gasteiger partial charge in [-0.1, -0.05) is 48.5 Å². The SMILES string of the molecule is Cc1ccccc1N1CCN(C[C@@H](O)COc2ccc(C(=O)c3ccccc3)cc2)CC1. The fraction of sp³-hybridized carbons (Fsp3) is 0.296. The highest BCUT2D eigenvalue weighted by Gasteiger charge is 2.20. The van der Waals surface area contributed by atoms with E-state index in [9.17, 15) is 9.90 Å². The van der Waals surface area contributed by atoms with Crippen LogP contribution in [0.2, 0.25) is 0 Å². The summed E-state index contributed by atoms with van der Waals surface area (Å²) in [6.45, 7) is 6.71. The van der Waals surface area contributed by atoms with Crippen LogP contribution in [-0.2, 0) is 0 Å². The lowest BCUT2D eigenvalue weighted by atomic mass is 10.0. The normalized spacial score (nSPS) is 15.4. The van der Waals surface area contributed by atoms with Crippen LogP contribution in [0.25, 0.3) is 0 Å². The second kappa shape index (κ2) is 10.4. The lowest BCUT2D eigenvalue weighted by molar-refractivity contribution is 0.0663. The van der Waals surface area contributed by atoms with E-state index >= 15 is 0 Å². The van der Waals surface area contributed by atoms with Crippen LogP contribution < -0.4 is 9.64 Å². The number of piperazine rings is 1. The summed E-state index contributed by atoms with van der Waals surface area (Å²) in [4.78, 5) is 17.2. The third-order valence-corrected chi connectivity index (χ3v) is 5.89. The number of hydrogen-bond donors (Lipinski definition) is 1. The van der Waals surface area contributed by atoms with Crippen molar-refractivity contribution in [2.45, 2.75) is 13.0 Å². The van der Waals surface area contributed by atoms with Gasteiger partial charge >= 0.3 is 0 Å². The number of anilines is 1. The molecule has 0 saturated carbocycles. The van der Waals surface area contributed by atoms with Gasteiger partial charge in [-0.3, -0.25) is 9.69 Å². The van der Waals surface area contributed by atoms with Gasteiger partial charge in [-0.15, -0.1) is 0 Å². The van der Waals surface area contributed by atoms with Crippen molar-refractivity contribution in [1.29, 1.82) is 0 Å². The minimum Gasteiger partial charge on any atom is -0.491 e. The predicted molar refractivity (Wildman–Crippen MR) is 128 cm³/mol. The maximum absolute atomic E-state index is 12.5. The first-order valence-electron chi connectivity index (χ1n) is 11.1. The largest absolute Gasteiger partial charge is 0.491 e. The molecule has 4 rings (SSSR count). The number of aliphatic hydroxyl groups excluding tert-OH is 1. The zero-order chi connectivity index (χ0) is 22.3. The van der Waals surface area contributed by atoms with Crippen LogP contribution in [0, 0.1) is 6.92 Å². The van der Waals surface area contributed by atoms with Gasteiger partial charge in [-0.05, 0) is 42.8 Å². The van der Waals surface area contributed by atoms with Crippen molar-refractivity contribution >= 4 is 11.5 Å². The standard InChI is InChI=1S/C27H30N2O3/c1-21-7-5-6-10-26(21)29-17-15-28(16-18-29)19-24(30)20-32-25-13-11-23(12-14-25)27(31)22-8-3-2-4-9-22/h2-14,24,30H,15-20H2,1H3/t24-/m1/s1. The van der Waals surface area contributed by atoms with Crippen molar-refractivity contribution in [3.8, 4) is 5.75 Å². The molecule has 3 aromatic rings. The number of benzene rings is 3. The third-order valence-electron chi connectivity index (χ3n) is 5.89. The number of carbonyl (C=O) groups excluding carboxylic acids is 1. The Bertz CT molecular complexity index is 1010. The summed E-state index contributed by atoms with van der Waals surface area (Å²) in [5.41, 5.74) is 3.88. The van der Waals surface area contributed by atoms with Crippen molar-refractivity contribution in [3.63, 3.8) is 0 Å². The van der Waals surface area contributed by atoms with Gasteiger partial charge < -0.3 is 14.7 Å². The highest BCUT2D eigenvalue weighted by atomic mass is 16.5. The number of carbonyl (C=O) groups is 1. The number of aryl methyl sites for hydroxylation is 1. The number of para-hydroxylation sites is 1. The smallest absolute Gasteiger partial charge is 0.193 e. The molecule has 1 atom stereocenters. The second-order valence-corrected chi connectivity index (χ2v) is 8.26. The van der Waals surface area contributed by atoms with E-state index < -0.39 is 6.10 Å². The lowest BCUT2D eigenvalue weighted by Crippen LogP contribution is -2.49. The molecule has 0 unspecified atom stereocenters. The van der Waals surface area contributed by atoms with Crippen LogP contribution in [0.3, 0.4) is 0 Å². The topological polar surface area (TPSA) is 53.0 Å². The molecule has 0 aliphatic carbocycles. The molecular weight excluding hydrogens is 400 g/mol. The Labute approximate surface area is 189 Å². The van der Waals surface area contributed by atoms with E-state index in [1.165, 1.54) is 11.3 Å². The quantitative estimate of drug-likeness (QED) is 0.551. The summed E-state index contributed by atoms with van der Waals surface area (Å²) in [5, 5.41) is 10.4. The molecule has 3 aromatic carbocycles. The molecule has 1 aliphatic rings. The lowest BCUT2D eigenvalue weighted by Gasteiger charge is -2.37. The van der Waals surface area contributed by atoms with E-state index in [2.05, 4.69) is 41.0 Å². The zero-order valence-electron chi connectivity index (χ0n) is 18.5. The maximum Gasteiger partial charge on any atom is 0.193 e. The first-order valence-corrected chi connectivity index (χ1v) is 11.1. The maximum atomic E-state index is 12.5. The summed E-state index contributed by atoms with van der Waals surface area (Å²) >= 11 is 0. The van der Waals surface area contributed by atoms with Crippen LogP contribution >= 0.6 is 0 Å². The molecular formula is C27H30N2O3. The highest BCUT2D eigenvalue weighted by molar-refractivity contribution is 6.08. The number of ketones is 1. The zero-order valence-corrected chi connectivity index (χ0v) is 18.5. The summed E-state index contributed by atoms with van der Waals surface area (Å²) in [5.74, 6) is 0.639.